The second-order valence-electron chi connectivity index (χ2n) is 12.8. The number of carbonyl (C=O) groups excluding carboxylic acids is 2. The van der Waals surface area contributed by atoms with Crippen molar-refractivity contribution < 1.29 is 24.2 Å². The maximum atomic E-state index is 13.9. The minimum atomic E-state index is -0.855. The molecule has 9 heteroatoms. The van der Waals surface area contributed by atoms with Crippen LogP contribution in [0.1, 0.15) is 61.6 Å². The van der Waals surface area contributed by atoms with Crippen molar-refractivity contribution in [1.82, 2.24) is 14.7 Å². The van der Waals surface area contributed by atoms with Crippen molar-refractivity contribution in [2.75, 3.05) is 64.9 Å². The van der Waals surface area contributed by atoms with Gasteiger partial charge in [0.05, 0.1) is 25.5 Å². The molecule has 2 aromatic carbocycles. The van der Waals surface area contributed by atoms with Gasteiger partial charge in [-0.15, -0.1) is 0 Å². The fourth-order valence-corrected chi connectivity index (χ4v) is 7.16. The van der Waals surface area contributed by atoms with Crippen LogP contribution < -0.4 is 9.64 Å². The van der Waals surface area contributed by atoms with E-state index in [1.54, 1.807) is 4.90 Å². The number of hydrogen-bond donors (Lipinski definition) is 1. The third-order valence-corrected chi connectivity index (χ3v) is 9.50. The molecule has 3 atom stereocenters. The Labute approximate surface area is 261 Å². The molecular weight excluding hydrogens is 556 g/mol. The topological polar surface area (TPSA) is 93.6 Å². The lowest BCUT2D eigenvalue weighted by molar-refractivity contribution is -0.143. The van der Waals surface area contributed by atoms with Crippen molar-refractivity contribution in [1.29, 1.82) is 0 Å². The molecule has 0 aliphatic carbocycles. The molecule has 2 amide bonds. The molecular formula is C35H48N4O5. The summed E-state index contributed by atoms with van der Waals surface area (Å²) in [7, 11) is 4.12. The number of carbonyl (C=O) groups is 3. The van der Waals surface area contributed by atoms with E-state index in [0.717, 1.165) is 66.8 Å². The lowest BCUT2D eigenvalue weighted by Crippen LogP contribution is -2.46. The van der Waals surface area contributed by atoms with Crippen LogP contribution in [0.2, 0.25) is 0 Å². The van der Waals surface area contributed by atoms with Crippen molar-refractivity contribution >= 4 is 23.5 Å². The molecule has 238 valence electrons. The number of para-hydroxylation sites is 1. The highest BCUT2D eigenvalue weighted by Crippen LogP contribution is 2.41. The Hall–Kier alpha value is -3.43. The van der Waals surface area contributed by atoms with E-state index >= 15 is 0 Å². The third-order valence-electron chi connectivity index (χ3n) is 9.50. The number of benzene rings is 2. The van der Waals surface area contributed by atoms with E-state index in [9.17, 15) is 19.5 Å². The van der Waals surface area contributed by atoms with E-state index in [4.69, 9.17) is 4.74 Å². The maximum absolute atomic E-state index is 13.9. The second-order valence-corrected chi connectivity index (χ2v) is 12.8. The fourth-order valence-electron chi connectivity index (χ4n) is 7.16. The Kier molecular flexibility index (Phi) is 10.6. The van der Waals surface area contributed by atoms with E-state index in [1.165, 1.54) is 0 Å². The highest BCUT2D eigenvalue weighted by atomic mass is 16.5. The minimum absolute atomic E-state index is 0.0392. The first kappa shape index (κ1) is 32.0. The van der Waals surface area contributed by atoms with Gasteiger partial charge in [-0.1, -0.05) is 43.7 Å². The Balaban J connectivity index is 1.38. The quantitative estimate of drug-likeness (QED) is 0.307. The Bertz CT molecular complexity index is 1330. The predicted octanol–water partition coefficient (Wildman–Crippen LogP) is 4.04. The Morgan fingerprint density at radius 3 is 2.57 bits per heavy atom. The first-order valence-corrected chi connectivity index (χ1v) is 16.3. The first-order chi connectivity index (χ1) is 21.3. The first-order valence-electron chi connectivity index (χ1n) is 16.3. The normalized spacial score (nSPS) is 21.0. The molecule has 1 saturated heterocycles. The van der Waals surface area contributed by atoms with Gasteiger partial charge in [0.2, 0.25) is 11.8 Å². The number of likely N-dealkylation sites (tertiary alicyclic amines) is 1. The van der Waals surface area contributed by atoms with Gasteiger partial charge in [0.1, 0.15) is 5.75 Å². The molecule has 0 radical (unpaired) electrons. The van der Waals surface area contributed by atoms with Crippen LogP contribution in [0.5, 0.6) is 5.75 Å². The Morgan fingerprint density at radius 1 is 1.02 bits per heavy atom. The van der Waals surface area contributed by atoms with Gasteiger partial charge in [-0.3, -0.25) is 19.3 Å². The lowest BCUT2D eigenvalue weighted by atomic mass is 9.83. The van der Waals surface area contributed by atoms with Gasteiger partial charge in [-0.2, -0.15) is 0 Å². The molecule has 3 aliphatic heterocycles. The number of anilines is 1. The molecule has 1 N–H and O–H groups in total. The molecule has 44 heavy (non-hydrogen) atoms. The third kappa shape index (κ3) is 7.26. The summed E-state index contributed by atoms with van der Waals surface area (Å²) in [4.78, 5) is 47.9. The monoisotopic (exact) mass is 604 g/mol. The fraction of sp³-hybridized carbons (Fsp3) is 0.571. The van der Waals surface area contributed by atoms with Crippen LogP contribution in [0.3, 0.4) is 0 Å². The number of hydrogen-bond acceptors (Lipinski definition) is 6. The van der Waals surface area contributed by atoms with E-state index in [0.29, 0.717) is 45.6 Å². The van der Waals surface area contributed by atoms with E-state index < -0.39 is 11.9 Å². The zero-order valence-corrected chi connectivity index (χ0v) is 26.5. The lowest BCUT2D eigenvalue weighted by Gasteiger charge is -2.31. The van der Waals surface area contributed by atoms with E-state index in [1.807, 2.05) is 41.3 Å². The molecule has 0 saturated carbocycles. The van der Waals surface area contributed by atoms with Gasteiger partial charge >= 0.3 is 5.97 Å². The smallest absolute Gasteiger partial charge is 0.308 e. The van der Waals surface area contributed by atoms with Gasteiger partial charge in [0, 0.05) is 50.2 Å². The maximum Gasteiger partial charge on any atom is 0.308 e. The van der Waals surface area contributed by atoms with Crippen molar-refractivity contribution in [2.24, 2.45) is 5.92 Å². The van der Waals surface area contributed by atoms with Crippen LogP contribution in [0, 0.1) is 5.92 Å². The van der Waals surface area contributed by atoms with Crippen LogP contribution in [0.15, 0.2) is 42.5 Å². The summed E-state index contributed by atoms with van der Waals surface area (Å²) in [5.41, 5.74) is 4.00. The highest BCUT2D eigenvalue weighted by molar-refractivity contribution is 6.01. The number of fused-ring (bicyclic) bond motifs is 2. The number of ether oxygens (including phenoxy) is 1. The van der Waals surface area contributed by atoms with Crippen LogP contribution in [0.4, 0.5) is 5.69 Å². The average molecular weight is 605 g/mol. The SMILES string of the molecule is CCCCN(CCCCN(C)C)C(=O)CN1C[C@H](c2ccc3c(c2)CCO3)[C@@H](C(=O)O)[C@@H]1CCN1C(=O)Cc2ccccc21. The standard InChI is InChI=1S/C35H48N4O5/c1-4-5-17-37(18-9-8-16-36(2)3)33(41)24-38-23-28(25-12-13-31-27(21-25)15-20-44-31)34(35(42)43)30(38)14-19-39-29-11-7-6-10-26(29)22-32(39)40/h6-7,10-13,21,28,30,34H,4-5,8-9,14-20,22-24H2,1-3H3,(H,42,43)/t28-,30+,34-/m1/s1. The molecule has 0 aromatic heterocycles. The Morgan fingerprint density at radius 2 is 1.80 bits per heavy atom. The van der Waals surface area contributed by atoms with Crippen molar-refractivity contribution in [3.8, 4) is 5.75 Å². The summed E-state index contributed by atoms with van der Waals surface area (Å²) in [6.45, 7) is 6.27. The zero-order valence-electron chi connectivity index (χ0n) is 26.5. The molecule has 0 bridgehead atoms. The number of carboxylic acid groups (broad SMARTS) is 1. The number of unbranched alkanes of at least 4 members (excludes halogenated alkanes) is 2. The summed E-state index contributed by atoms with van der Waals surface area (Å²) >= 11 is 0. The number of nitrogens with zero attached hydrogens (tertiary/aromatic N) is 4. The van der Waals surface area contributed by atoms with Gasteiger partial charge < -0.3 is 24.5 Å². The molecule has 1 fully saturated rings. The average Bonchev–Trinajstić information content (AvgIpc) is 3.70. The molecule has 0 spiro atoms. The van der Waals surface area contributed by atoms with Gasteiger partial charge in [0.15, 0.2) is 0 Å². The number of aliphatic carboxylic acids is 1. The van der Waals surface area contributed by atoms with Crippen LogP contribution in [-0.4, -0.2) is 104 Å². The number of amides is 2. The van der Waals surface area contributed by atoms with Gasteiger partial charge in [-0.25, -0.2) is 0 Å². The number of carboxylic acids is 1. The summed E-state index contributed by atoms with van der Waals surface area (Å²) in [6, 6.07) is 13.5. The van der Waals surface area contributed by atoms with E-state index in [-0.39, 0.29) is 30.3 Å². The molecule has 0 unspecified atom stereocenters. The van der Waals surface area contributed by atoms with Crippen LogP contribution in [0.25, 0.3) is 0 Å². The minimum Gasteiger partial charge on any atom is -0.493 e. The van der Waals surface area contributed by atoms with Gasteiger partial charge in [0.25, 0.3) is 0 Å². The molecule has 3 heterocycles. The van der Waals surface area contributed by atoms with Crippen LogP contribution >= 0.6 is 0 Å². The summed E-state index contributed by atoms with van der Waals surface area (Å²) in [6.07, 6.45) is 5.56. The predicted molar refractivity (Wildman–Crippen MR) is 171 cm³/mol. The van der Waals surface area contributed by atoms with Crippen molar-refractivity contribution in [3.05, 3.63) is 59.2 Å². The molecule has 2 aromatic rings. The van der Waals surface area contributed by atoms with Crippen LogP contribution in [-0.2, 0) is 27.2 Å². The second kappa shape index (κ2) is 14.6. The van der Waals surface area contributed by atoms with Crippen molar-refractivity contribution in [3.63, 3.8) is 0 Å². The largest absolute Gasteiger partial charge is 0.493 e. The molecule has 5 rings (SSSR count). The summed E-state index contributed by atoms with van der Waals surface area (Å²) < 4.78 is 5.71. The summed E-state index contributed by atoms with van der Waals surface area (Å²) in [5, 5.41) is 10.6. The highest BCUT2D eigenvalue weighted by Gasteiger charge is 2.47. The van der Waals surface area contributed by atoms with Gasteiger partial charge in [-0.05, 0) is 75.1 Å². The summed E-state index contributed by atoms with van der Waals surface area (Å²) in [5.74, 6) is -0.844. The molecule has 9 nitrogen and oxygen atoms in total. The van der Waals surface area contributed by atoms with Crippen molar-refractivity contribution in [2.45, 2.75) is 63.8 Å². The van der Waals surface area contributed by atoms with E-state index in [2.05, 4.69) is 36.9 Å². The molecule has 3 aliphatic rings. The number of rotatable bonds is 15. The zero-order chi connectivity index (χ0) is 31.2.